The van der Waals surface area contributed by atoms with Gasteiger partial charge in [0.15, 0.2) is 13.6 Å². The minimum atomic E-state index is -0.339. The number of carbonyl (C=O) groups is 1. The van der Waals surface area contributed by atoms with Gasteiger partial charge < -0.3 is 23.7 Å². The molecule has 0 N–H and O–H groups in total. The molecule has 0 fully saturated rings. The number of benzene rings is 1. The predicted octanol–water partition coefficient (Wildman–Crippen LogP) is 3.10. The van der Waals surface area contributed by atoms with Crippen LogP contribution in [0.4, 0.5) is 0 Å². The van der Waals surface area contributed by atoms with Gasteiger partial charge in [-0.25, -0.2) is 0 Å². The number of ether oxygens (including phenoxy) is 5. The Bertz CT molecular complexity index is 653. The average molecular weight is 352 g/mol. The lowest BCUT2D eigenvalue weighted by molar-refractivity contribution is -0.139. The van der Waals surface area contributed by atoms with Gasteiger partial charge in [0.1, 0.15) is 11.5 Å². The summed E-state index contributed by atoms with van der Waals surface area (Å²) < 4.78 is 26.0. The fraction of sp³-hybridized carbons (Fsp3) is 0.353. The maximum Gasteiger partial charge on any atom is 0.310 e. The third-order valence-corrected chi connectivity index (χ3v) is 4.05. The van der Waals surface area contributed by atoms with Gasteiger partial charge in [-0.3, -0.25) is 4.79 Å². The first-order chi connectivity index (χ1) is 11.7. The normalized spacial score (nSPS) is 10.5. The first-order valence-electron chi connectivity index (χ1n) is 7.20. The standard InChI is InChI=1S/C17H20O6S/c1-19-10-22-13-7-12(8-16(18)21-3)17(15-5-4-6-24-15)14(9-13)23-11-20-2/h4-7,9H,8,10-11H2,1-3H3. The molecule has 7 heteroatoms. The second kappa shape index (κ2) is 9.27. The van der Waals surface area contributed by atoms with Gasteiger partial charge in [0.05, 0.1) is 13.5 Å². The lowest BCUT2D eigenvalue weighted by Crippen LogP contribution is -2.09. The average Bonchev–Trinajstić information content (AvgIpc) is 3.11. The molecule has 2 rings (SSSR count). The zero-order valence-corrected chi connectivity index (χ0v) is 14.7. The van der Waals surface area contributed by atoms with Crippen molar-refractivity contribution in [3.05, 3.63) is 35.2 Å². The van der Waals surface area contributed by atoms with E-state index in [1.165, 1.54) is 14.2 Å². The Balaban J connectivity index is 2.50. The van der Waals surface area contributed by atoms with Gasteiger partial charge >= 0.3 is 5.97 Å². The number of esters is 1. The second-order valence-corrected chi connectivity index (χ2v) is 5.74. The summed E-state index contributed by atoms with van der Waals surface area (Å²) in [5.74, 6) is 0.781. The van der Waals surface area contributed by atoms with Gasteiger partial charge in [0, 0.05) is 30.7 Å². The molecular formula is C17H20O6S. The van der Waals surface area contributed by atoms with Gasteiger partial charge in [-0.1, -0.05) is 6.07 Å². The molecule has 1 aromatic carbocycles. The van der Waals surface area contributed by atoms with Crippen LogP contribution in [0.2, 0.25) is 0 Å². The molecule has 0 aliphatic carbocycles. The highest BCUT2D eigenvalue weighted by Crippen LogP contribution is 2.40. The third kappa shape index (κ3) is 4.70. The Kier molecular flexibility index (Phi) is 7.05. The molecule has 24 heavy (non-hydrogen) atoms. The summed E-state index contributed by atoms with van der Waals surface area (Å²) in [5, 5.41) is 1.96. The molecule has 1 heterocycles. The van der Waals surface area contributed by atoms with Crippen molar-refractivity contribution in [2.45, 2.75) is 6.42 Å². The molecule has 0 aliphatic heterocycles. The van der Waals surface area contributed by atoms with Crippen LogP contribution >= 0.6 is 11.3 Å². The van der Waals surface area contributed by atoms with E-state index in [9.17, 15) is 4.79 Å². The molecule has 6 nitrogen and oxygen atoms in total. The molecule has 0 amide bonds. The molecule has 0 spiro atoms. The maximum absolute atomic E-state index is 11.8. The van der Waals surface area contributed by atoms with Crippen LogP contribution in [0.5, 0.6) is 11.5 Å². The predicted molar refractivity (Wildman–Crippen MR) is 90.5 cm³/mol. The molecular weight excluding hydrogens is 332 g/mol. The number of carbonyl (C=O) groups excluding carboxylic acids is 1. The summed E-state index contributed by atoms with van der Waals surface area (Å²) in [6.07, 6.45) is 0.108. The van der Waals surface area contributed by atoms with E-state index in [1.807, 2.05) is 17.5 Å². The Morgan fingerprint density at radius 3 is 2.46 bits per heavy atom. The van der Waals surface area contributed by atoms with E-state index in [4.69, 9.17) is 23.7 Å². The second-order valence-electron chi connectivity index (χ2n) is 4.79. The van der Waals surface area contributed by atoms with Gasteiger partial charge in [0.2, 0.25) is 0 Å². The summed E-state index contributed by atoms with van der Waals surface area (Å²) in [5.41, 5.74) is 1.58. The highest BCUT2D eigenvalue weighted by Gasteiger charge is 2.18. The molecule has 1 aromatic heterocycles. The molecule has 130 valence electrons. The van der Waals surface area contributed by atoms with Gasteiger partial charge in [-0.05, 0) is 23.1 Å². The minimum absolute atomic E-state index is 0.0871. The third-order valence-electron chi connectivity index (χ3n) is 3.16. The van der Waals surface area contributed by atoms with E-state index in [0.717, 1.165) is 16.0 Å². The minimum Gasteiger partial charge on any atom is -0.469 e. The Labute approximate surface area is 144 Å². The van der Waals surface area contributed by atoms with E-state index in [-0.39, 0.29) is 26.0 Å². The summed E-state index contributed by atoms with van der Waals surface area (Å²) in [4.78, 5) is 12.8. The van der Waals surface area contributed by atoms with Crippen LogP contribution in [0.25, 0.3) is 10.4 Å². The molecule has 0 saturated heterocycles. The van der Waals surface area contributed by atoms with Crippen molar-refractivity contribution in [3.63, 3.8) is 0 Å². The van der Waals surface area contributed by atoms with Gasteiger partial charge in [-0.15, -0.1) is 11.3 Å². The summed E-state index contributed by atoms with van der Waals surface area (Å²) >= 11 is 1.56. The molecule has 0 unspecified atom stereocenters. The number of hydrogen-bond acceptors (Lipinski definition) is 7. The fourth-order valence-corrected chi connectivity index (χ4v) is 2.97. The van der Waals surface area contributed by atoms with Crippen molar-refractivity contribution in [2.24, 2.45) is 0 Å². The summed E-state index contributed by atoms with van der Waals surface area (Å²) in [6, 6.07) is 7.46. The van der Waals surface area contributed by atoms with Gasteiger partial charge in [0.25, 0.3) is 0 Å². The van der Waals surface area contributed by atoms with E-state index in [0.29, 0.717) is 11.5 Å². The Hall–Kier alpha value is -2.09. The molecule has 0 saturated carbocycles. The molecule has 0 radical (unpaired) electrons. The quantitative estimate of drug-likeness (QED) is 0.510. The van der Waals surface area contributed by atoms with Crippen molar-refractivity contribution in [1.82, 2.24) is 0 Å². The lowest BCUT2D eigenvalue weighted by atomic mass is 10.0. The van der Waals surface area contributed by atoms with Crippen LogP contribution in [0, 0.1) is 0 Å². The lowest BCUT2D eigenvalue weighted by Gasteiger charge is -2.16. The number of thiophene rings is 1. The van der Waals surface area contributed by atoms with E-state index >= 15 is 0 Å². The topological polar surface area (TPSA) is 63.2 Å². The Morgan fingerprint density at radius 2 is 1.83 bits per heavy atom. The Morgan fingerprint density at radius 1 is 1.08 bits per heavy atom. The van der Waals surface area contributed by atoms with Crippen LogP contribution in [-0.4, -0.2) is 40.9 Å². The highest BCUT2D eigenvalue weighted by atomic mass is 32.1. The molecule has 2 aromatic rings. The number of rotatable bonds is 9. The van der Waals surface area contributed by atoms with Crippen LogP contribution in [-0.2, 0) is 25.4 Å². The first kappa shape index (κ1) is 18.3. The zero-order chi connectivity index (χ0) is 17.4. The van der Waals surface area contributed by atoms with Gasteiger partial charge in [-0.2, -0.15) is 0 Å². The summed E-state index contributed by atoms with van der Waals surface area (Å²) in [7, 11) is 4.45. The first-order valence-corrected chi connectivity index (χ1v) is 8.08. The van der Waals surface area contributed by atoms with E-state index < -0.39 is 0 Å². The monoisotopic (exact) mass is 352 g/mol. The zero-order valence-electron chi connectivity index (χ0n) is 13.9. The largest absolute Gasteiger partial charge is 0.469 e. The van der Waals surface area contributed by atoms with Crippen LogP contribution in [0.1, 0.15) is 5.56 Å². The molecule has 0 atom stereocenters. The molecule has 0 aliphatic rings. The smallest absolute Gasteiger partial charge is 0.310 e. The van der Waals surface area contributed by atoms with E-state index in [1.54, 1.807) is 30.6 Å². The number of methoxy groups -OCH3 is 3. The van der Waals surface area contributed by atoms with Crippen molar-refractivity contribution >= 4 is 17.3 Å². The summed E-state index contributed by atoms with van der Waals surface area (Å²) in [6.45, 7) is 0.184. The van der Waals surface area contributed by atoms with Crippen molar-refractivity contribution in [2.75, 3.05) is 34.9 Å². The van der Waals surface area contributed by atoms with Crippen molar-refractivity contribution in [3.8, 4) is 21.9 Å². The maximum atomic E-state index is 11.8. The SMILES string of the molecule is COCOc1cc(CC(=O)OC)c(-c2cccs2)c(OCOC)c1. The van der Waals surface area contributed by atoms with E-state index in [2.05, 4.69) is 0 Å². The van der Waals surface area contributed by atoms with Crippen LogP contribution in [0.15, 0.2) is 29.6 Å². The number of hydrogen-bond donors (Lipinski definition) is 0. The van der Waals surface area contributed by atoms with Crippen LogP contribution < -0.4 is 9.47 Å². The van der Waals surface area contributed by atoms with Crippen molar-refractivity contribution < 1.29 is 28.5 Å². The molecule has 0 bridgehead atoms. The van der Waals surface area contributed by atoms with Crippen molar-refractivity contribution in [1.29, 1.82) is 0 Å². The fourth-order valence-electron chi connectivity index (χ4n) is 2.16. The van der Waals surface area contributed by atoms with Crippen LogP contribution in [0.3, 0.4) is 0 Å². The highest BCUT2D eigenvalue weighted by molar-refractivity contribution is 7.13.